The van der Waals surface area contributed by atoms with E-state index in [0.29, 0.717) is 31.4 Å². The number of nitriles is 1. The minimum absolute atomic E-state index is 0.0393. The largest absolute Gasteiger partial charge is 0.469 e. The summed E-state index contributed by atoms with van der Waals surface area (Å²) < 4.78 is 27.1. The van der Waals surface area contributed by atoms with Gasteiger partial charge in [-0.15, -0.1) is 0 Å². The highest BCUT2D eigenvalue weighted by Gasteiger charge is 2.70. The van der Waals surface area contributed by atoms with Crippen molar-refractivity contribution < 1.29 is 28.2 Å². The first-order chi connectivity index (χ1) is 21.5. The third-order valence-electron chi connectivity index (χ3n) is 11.6. The number of carbonyl (C=O) groups is 2. The molecule has 2 heterocycles. The first-order valence-corrected chi connectivity index (χ1v) is 16.5. The number of ether oxygens (including phenoxy) is 1. The summed E-state index contributed by atoms with van der Waals surface area (Å²) in [6, 6.07) is 9.89. The normalized spacial score (nSPS) is 33.2. The lowest BCUT2D eigenvalue weighted by molar-refractivity contribution is -0.174. The molecule has 0 spiro atoms. The standard InChI is InChI=1S/C35H36FN3O5S/c1-20-25(11-14-43-20)31(41)44-35(32(42)45-15-13-37)12-10-27-26-9-4-22-16-28-21(19-38-39(28)24-7-5-23(36)6-8-24)17-33(22,2)30(26)29(40)18-34(27,35)3/h5-8,11,14,16,19,26-27,29-30,40H,4,9-10,12,15,17-18H2,1-3H3/t26-,27-,29-,30+,33-,34-,35-/m0/s1. The Morgan fingerprint density at radius 2 is 2.02 bits per heavy atom. The van der Waals surface area contributed by atoms with Crippen molar-refractivity contribution >= 4 is 28.9 Å². The average Bonchev–Trinajstić information content (AvgIpc) is 3.70. The Bertz CT molecular complexity index is 1760. The molecule has 45 heavy (non-hydrogen) atoms. The quantitative estimate of drug-likeness (QED) is 0.320. The van der Waals surface area contributed by atoms with Crippen LogP contribution in [0.15, 0.2) is 52.8 Å². The van der Waals surface area contributed by atoms with Gasteiger partial charge >= 0.3 is 5.97 Å². The molecule has 0 aliphatic heterocycles. The van der Waals surface area contributed by atoms with Crippen LogP contribution in [0.3, 0.4) is 0 Å². The molecule has 4 aliphatic carbocycles. The van der Waals surface area contributed by atoms with Gasteiger partial charge in [-0.25, -0.2) is 13.9 Å². The number of aryl methyl sites for hydroxylation is 1. The van der Waals surface area contributed by atoms with Crippen LogP contribution in [-0.2, 0) is 16.0 Å². The van der Waals surface area contributed by atoms with Gasteiger partial charge in [0, 0.05) is 5.41 Å². The summed E-state index contributed by atoms with van der Waals surface area (Å²) in [7, 11) is 0. The van der Waals surface area contributed by atoms with E-state index in [-0.39, 0.29) is 45.4 Å². The number of furan rings is 1. The van der Waals surface area contributed by atoms with Crippen molar-refractivity contribution in [2.75, 3.05) is 5.75 Å². The third-order valence-corrected chi connectivity index (χ3v) is 12.4. The lowest BCUT2D eigenvalue weighted by Gasteiger charge is -2.60. The van der Waals surface area contributed by atoms with E-state index in [1.54, 1.807) is 25.1 Å². The van der Waals surface area contributed by atoms with E-state index in [0.717, 1.165) is 41.5 Å². The molecule has 2 aromatic heterocycles. The van der Waals surface area contributed by atoms with Gasteiger partial charge in [0.1, 0.15) is 17.1 Å². The number of carbonyl (C=O) groups excluding carboxylic acids is 2. The van der Waals surface area contributed by atoms with Crippen LogP contribution in [0.2, 0.25) is 0 Å². The molecule has 1 N–H and O–H groups in total. The Hall–Kier alpha value is -3.68. The van der Waals surface area contributed by atoms with Crippen molar-refractivity contribution in [3.8, 4) is 11.8 Å². The number of nitrogens with zero attached hydrogens (tertiary/aromatic N) is 3. The van der Waals surface area contributed by atoms with E-state index < -0.39 is 23.1 Å². The number of aliphatic hydroxyl groups excluding tert-OH is 1. The van der Waals surface area contributed by atoms with Crippen molar-refractivity contribution in [2.24, 2.45) is 28.6 Å². The minimum Gasteiger partial charge on any atom is -0.469 e. The molecule has 234 valence electrons. The molecule has 0 amide bonds. The number of fused-ring (bicyclic) bond motifs is 6. The van der Waals surface area contributed by atoms with Crippen LogP contribution in [0.5, 0.6) is 0 Å². The molecule has 0 radical (unpaired) electrons. The highest BCUT2D eigenvalue weighted by Crippen LogP contribution is 2.69. The van der Waals surface area contributed by atoms with Crippen LogP contribution in [0, 0.1) is 52.7 Å². The number of hydrogen-bond acceptors (Lipinski definition) is 8. The second-order valence-corrected chi connectivity index (χ2v) is 14.6. The third kappa shape index (κ3) is 4.38. The fourth-order valence-electron chi connectivity index (χ4n) is 9.53. The van der Waals surface area contributed by atoms with Crippen LogP contribution in [-0.4, -0.2) is 43.4 Å². The van der Waals surface area contributed by atoms with Gasteiger partial charge in [-0.2, -0.15) is 10.4 Å². The van der Waals surface area contributed by atoms with Gasteiger partial charge in [-0.3, -0.25) is 4.79 Å². The first-order valence-electron chi connectivity index (χ1n) is 15.6. The van der Waals surface area contributed by atoms with Gasteiger partial charge in [0.25, 0.3) is 0 Å². The maximum absolute atomic E-state index is 14.0. The molecule has 4 aliphatic rings. The Balaban J connectivity index is 1.23. The summed E-state index contributed by atoms with van der Waals surface area (Å²) in [5, 5.41) is 25.7. The van der Waals surface area contributed by atoms with Gasteiger partial charge in [-0.1, -0.05) is 31.2 Å². The average molecular weight is 630 g/mol. The van der Waals surface area contributed by atoms with Gasteiger partial charge in [-0.05, 0) is 111 Å². The number of rotatable bonds is 5. The Labute approximate surface area is 265 Å². The molecule has 10 heteroatoms. The summed E-state index contributed by atoms with van der Waals surface area (Å²) in [5.41, 5.74) is 1.81. The van der Waals surface area contributed by atoms with Gasteiger partial charge < -0.3 is 14.3 Å². The number of thioether (sulfide) groups is 1. The van der Waals surface area contributed by atoms with E-state index in [1.807, 2.05) is 23.9 Å². The molecule has 0 saturated heterocycles. The van der Waals surface area contributed by atoms with Crippen molar-refractivity contribution in [1.29, 1.82) is 5.26 Å². The van der Waals surface area contributed by atoms with Gasteiger partial charge in [0.2, 0.25) is 5.12 Å². The highest BCUT2D eigenvalue weighted by atomic mass is 32.2. The number of esters is 1. The fourth-order valence-corrected chi connectivity index (χ4v) is 10.3. The van der Waals surface area contributed by atoms with Crippen LogP contribution in [0.1, 0.15) is 73.3 Å². The predicted molar refractivity (Wildman–Crippen MR) is 166 cm³/mol. The molecule has 8 nitrogen and oxygen atoms in total. The molecular weight excluding hydrogens is 593 g/mol. The smallest absolute Gasteiger partial charge is 0.342 e. The minimum atomic E-state index is -1.47. The summed E-state index contributed by atoms with van der Waals surface area (Å²) in [4.78, 5) is 27.5. The summed E-state index contributed by atoms with van der Waals surface area (Å²) >= 11 is 0.890. The number of benzene rings is 1. The zero-order valence-electron chi connectivity index (χ0n) is 25.6. The lowest BCUT2D eigenvalue weighted by atomic mass is 9.45. The van der Waals surface area contributed by atoms with E-state index in [1.165, 1.54) is 24.0 Å². The van der Waals surface area contributed by atoms with Crippen molar-refractivity contribution in [3.05, 3.63) is 76.8 Å². The van der Waals surface area contributed by atoms with E-state index in [2.05, 4.69) is 18.1 Å². The number of hydrogen-bond donors (Lipinski definition) is 1. The molecule has 7 rings (SSSR count). The number of halogens is 1. The molecule has 3 fully saturated rings. The van der Waals surface area contributed by atoms with Gasteiger partial charge in [0.05, 0.1) is 41.8 Å². The summed E-state index contributed by atoms with van der Waals surface area (Å²) in [6.45, 7) is 5.93. The van der Waals surface area contributed by atoms with Crippen LogP contribution in [0.25, 0.3) is 11.8 Å². The maximum Gasteiger partial charge on any atom is 0.342 e. The zero-order chi connectivity index (χ0) is 31.7. The van der Waals surface area contributed by atoms with E-state index in [9.17, 15) is 24.3 Å². The van der Waals surface area contributed by atoms with E-state index >= 15 is 0 Å². The number of aliphatic hydroxyl groups is 1. The van der Waals surface area contributed by atoms with Crippen LogP contribution < -0.4 is 0 Å². The monoisotopic (exact) mass is 629 g/mol. The number of allylic oxidation sites excluding steroid dienone is 1. The molecule has 3 aromatic rings. The van der Waals surface area contributed by atoms with Crippen molar-refractivity contribution in [1.82, 2.24) is 9.78 Å². The Morgan fingerprint density at radius 3 is 2.73 bits per heavy atom. The number of aromatic nitrogens is 2. The van der Waals surface area contributed by atoms with Crippen LogP contribution >= 0.6 is 11.8 Å². The zero-order valence-corrected chi connectivity index (χ0v) is 26.4. The van der Waals surface area contributed by atoms with Gasteiger partial charge in [0.15, 0.2) is 5.60 Å². The predicted octanol–water partition coefficient (Wildman–Crippen LogP) is 6.44. The molecule has 1 aromatic carbocycles. The highest BCUT2D eigenvalue weighted by molar-refractivity contribution is 8.14. The Kier molecular flexibility index (Phi) is 7.13. The van der Waals surface area contributed by atoms with Crippen molar-refractivity contribution in [2.45, 2.75) is 71.0 Å². The maximum atomic E-state index is 14.0. The molecule has 7 atom stereocenters. The SMILES string of the molecule is Cc1occc1C(=O)O[C@]1(C(=O)SCC#N)CC[C@H]2[C@@H]3CCC4=Cc5c(cnn5-c5ccc(F)cc5)C[C@]4(C)[C@H]3[C@@H](O)C[C@@]21C. The summed E-state index contributed by atoms with van der Waals surface area (Å²) in [6.07, 6.45) is 8.50. The molecule has 0 unspecified atom stereocenters. The van der Waals surface area contributed by atoms with Crippen molar-refractivity contribution in [3.63, 3.8) is 0 Å². The summed E-state index contributed by atoms with van der Waals surface area (Å²) in [5.74, 6) is -0.452. The second kappa shape index (κ2) is 10.7. The van der Waals surface area contributed by atoms with E-state index in [4.69, 9.17) is 9.15 Å². The second-order valence-electron chi connectivity index (χ2n) is 13.6. The molecule has 0 bridgehead atoms. The molecular formula is C35H36FN3O5S. The molecule has 3 saturated carbocycles. The first kappa shape index (κ1) is 30.0. The lowest BCUT2D eigenvalue weighted by Crippen LogP contribution is -2.62. The fraction of sp³-hybridized carbons (Fsp3) is 0.486. The van der Waals surface area contributed by atoms with Crippen LogP contribution in [0.4, 0.5) is 4.39 Å². The topological polar surface area (TPSA) is 118 Å². The Morgan fingerprint density at radius 1 is 1.24 bits per heavy atom.